The summed E-state index contributed by atoms with van der Waals surface area (Å²) < 4.78 is 5.76. The lowest BCUT2D eigenvalue weighted by atomic mass is 9.92. The number of rotatable bonds is 3. The summed E-state index contributed by atoms with van der Waals surface area (Å²) in [6, 6.07) is 11.7. The molecule has 1 aromatic heterocycles. The van der Waals surface area contributed by atoms with Gasteiger partial charge in [-0.3, -0.25) is 0 Å². The second-order valence-electron chi connectivity index (χ2n) is 4.86. The van der Waals surface area contributed by atoms with E-state index in [0.717, 1.165) is 12.2 Å². The zero-order valence-corrected chi connectivity index (χ0v) is 10.8. The predicted octanol–water partition coefficient (Wildman–Crippen LogP) is 3.25. The van der Waals surface area contributed by atoms with Gasteiger partial charge in [-0.2, -0.15) is 0 Å². The SMILES string of the molecule is OCc1cccc(Oc2ccc3c(c2)CCCC3)n1. The first kappa shape index (κ1) is 12.2. The monoisotopic (exact) mass is 255 g/mol. The Morgan fingerprint density at radius 2 is 1.89 bits per heavy atom. The highest BCUT2D eigenvalue weighted by atomic mass is 16.5. The minimum Gasteiger partial charge on any atom is -0.439 e. The van der Waals surface area contributed by atoms with Gasteiger partial charge >= 0.3 is 0 Å². The van der Waals surface area contributed by atoms with E-state index in [1.165, 1.54) is 30.4 Å². The predicted molar refractivity (Wildman–Crippen MR) is 73.3 cm³/mol. The standard InChI is InChI=1S/C16H17NO2/c18-11-14-6-3-7-16(17-14)19-15-9-8-12-4-1-2-5-13(12)10-15/h3,6-10,18H,1-2,4-5,11H2. The number of benzene rings is 1. The first-order valence-corrected chi connectivity index (χ1v) is 6.71. The molecule has 3 nitrogen and oxygen atoms in total. The van der Waals surface area contributed by atoms with Crippen LogP contribution in [0, 0.1) is 0 Å². The van der Waals surface area contributed by atoms with E-state index in [0.29, 0.717) is 11.6 Å². The van der Waals surface area contributed by atoms with Crippen molar-refractivity contribution in [3.63, 3.8) is 0 Å². The Balaban J connectivity index is 1.82. The van der Waals surface area contributed by atoms with Crippen molar-refractivity contribution in [1.82, 2.24) is 4.98 Å². The highest BCUT2D eigenvalue weighted by molar-refractivity contribution is 5.38. The van der Waals surface area contributed by atoms with Crippen LogP contribution in [-0.4, -0.2) is 10.1 Å². The number of aliphatic hydroxyl groups is 1. The summed E-state index contributed by atoms with van der Waals surface area (Å²) in [5.74, 6) is 1.35. The molecule has 98 valence electrons. The van der Waals surface area contributed by atoms with Crippen molar-refractivity contribution in [2.45, 2.75) is 32.3 Å². The molecule has 0 bridgehead atoms. The summed E-state index contributed by atoms with van der Waals surface area (Å²) >= 11 is 0. The number of aryl methyl sites for hydroxylation is 2. The summed E-state index contributed by atoms with van der Waals surface area (Å²) in [5, 5.41) is 9.07. The molecule has 0 atom stereocenters. The summed E-state index contributed by atoms with van der Waals surface area (Å²) in [5.41, 5.74) is 3.45. The average Bonchev–Trinajstić information content (AvgIpc) is 2.47. The molecule has 1 aliphatic rings. The highest BCUT2D eigenvalue weighted by Crippen LogP contribution is 2.27. The fourth-order valence-electron chi connectivity index (χ4n) is 2.50. The summed E-state index contributed by atoms with van der Waals surface area (Å²) in [6.45, 7) is -0.0681. The molecule has 1 N–H and O–H groups in total. The van der Waals surface area contributed by atoms with Crippen LogP contribution in [0.4, 0.5) is 0 Å². The molecule has 0 unspecified atom stereocenters. The van der Waals surface area contributed by atoms with Crippen molar-refractivity contribution in [2.24, 2.45) is 0 Å². The number of hydrogen-bond donors (Lipinski definition) is 1. The van der Waals surface area contributed by atoms with Crippen LogP contribution in [-0.2, 0) is 19.4 Å². The first-order valence-electron chi connectivity index (χ1n) is 6.71. The molecular formula is C16H17NO2. The Morgan fingerprint density at radius 1 is 1.05 bits per heavy atom. The maximum absolute atomic E-state index is 9.07. The van der Waals surface area contributed by atoms with E-state index in [2.05, 4.69) is 17.1 Å². The zero-order valence-electron chi connectivity index (χ0n) is 10.8. The van der Waals surface area contributed by atoms with Crippen molar-refractivity contribution in [1.29, 1.82) is 0 Å². The Hall–Kier alpha value is -1.87. The number of ether oxygens (including phenoxy) is 1. The molecule has 3 rings (SSSR count). The summed E-state index contributed by atoms with van der Waals surface area (Å²) in [4.78, 5) is 4.23. The van der Waals surface area contributed by atoms with E-state index in [1.54, 1.807) is 12.1 Å². The molecule has 1 aliphatic carbocycles. The van der Waals surface area contributed by atoms with Crippen LogP contribution in [0.3, 0.4) is 0 Å². The number of aromatic nitrogens is 1. The lowest BCUT2D eigenvalue weighted by molar-refractivity contribution is 0.275. The molecule has 0 amide bonds. The van der Waals surface area contributed by atoms with Gasteiger partial charge in [0.15, 0.2) is 0 Å². The Labute approximate surface area is 112 Å². The molecule has 0 radical (unpaired) electrons. The van der Waals surface area contributed by atoms with E-state index < -0.39 is 0 Å². The quantitative estimate of drug-likeness (QED) is 0.915. The van der Waals surface area contributed by atoms with Crippen molar-refractivity contribution in [3.8, 4) is 11.6 Å². The Bertz CT molecular complexity index is 581. The van der Waals surface area contributed by atoms with Crippen LogP contribution in [0.1, 0.15) is 29.7 Å². The fraction of sp³-hybridized carbons (Fsp3) is 0.312. The summed E-state index contributed by atoms with van der Waals surface area (Å²) in [7, 11) is 0. The van der Waals surface area contributed by atoms with E-state index >= 15 is 0 Å². The van der Waals surface area contributed by atoms with E-state index in [1.807, 2.05) is 12.1 Å². The van der Waals surface area contributed by atoms with Gasteiger partial charge in [0.2, 0.25) is 5.88 Å². The molecule has 3 heteroatoms. The third-order valence-corrected chi connectivity index (χ3v) is 3.49. The van der Waals surface area contributed by atoms with E-state index in [9.17, 15) is 0 Å². The number of pyridine rings is 1. The molecule has 19 heavy (non-hydrogen) atoms. The van der Waals surface area contributed by atoms with Gasteiger partial charge in [-0.15, -0.1) is 0 Å². The van der Waals surface area contributed by atoms with Crippen LogP contribution in [0.2, 0.25) is 0 Å². The van der Waals surface area contributed by atoms with Gasteiger partial charge in [0.1, 0.15) is 5.75 Å². The number of hydrogen-bond acceptors (Lipinski definition) is 3. The van der Waals surface area contributed by atoms with Gasteiger partial charge < -0.3 is 9.84 Å². The largest absolute Gasteiger partial charge is 0.439 e. The number of aliphatic hydroxyl groups excluding tert-OH is 1. The lowest BCUT2D eigenvalue weighted by Gasteiger charge is -2.16. The normalized spacial score (nSPS) is 13.9. The van der Waals surface area contributed by atoms with Crippen molar-refractivity contribution >= 4 is 0 Å². The molecule has 0 aliphatic heterocycles. The molecule has 2 aromatic rings. The molecule has 0 saturated heterocycles. The van der Waals surface area contributed by atoms with Crippen LogP contribution >= 0.6 is 0 Å². The lowest BCUT2D eigenvalue weighted by Crippen LogP contribution is -2.02. The van der Waals surface area contributed by atoms with Crippen LogP contribution in [0.25, 0.3) is 0 Å². The zero-order chi connectivity index (χ0) is 13.1. The van der Waals surface area contributed by atoms with Gasteiger partial charge in [0.25, 0.3) is 0 Å². The smallest absolute Gasteiger partial charge is 0.219 e. The van der Waals surface area contributed by atoms with Gasteiger partial charge in [-0.1, -0.05) is 12.1 Å². The minimum atomic E-state index is -0.0681. The first-order chi connectivity index (χ1) is 9.35. The second-order valence-corrected chi connectivity index (χ2v) is 4.86. The molecular weight excluding hydrogens is 238 g/mol. The Morgan fingerprint density at radius 3 is 2.74 bits per heavy atom. The van der Waals surface area contributed by atoms with Crippen LogP contribution < -0.4 is 4.74 Å². The average molecular weight is 255 g/mol. The Kier molecular flexibility index (Phi) is 3.47. The van der Waals surface area contributed by atoms with Crippen molar-refractivity contribution < 1.29 is 9.84 Å². The molecule has 1 aromatic carbocycles. The van der Waals surface area contributed by atoms with Crippen LogP contribution in [0.5, 0.6) is 11.6 Å². The maximum atomic E-state index is 9.07. The minimum absolute atomic E-state index is 0.0681. The third kappa shape index (κ3) is 2.76. The third-order valence-electron chi connectivity index (χ3n) is 3.49. The number of nitrogens with zero attached hydrogens (tertiary/aromatic N) is 1. The second kappa shape index (κ2) is 5.41. The molecule has 0 spiro atoms. The van der Waals surface area contributed by atoms with Gasteiger partial charge in [0, 0.05) is 6.07 Å². The van der Waals surface area contributed by atoms with E-state index in [-0.39, 0.29) is 6.61 Å². The molecule has 0 fully saturated rings. The van der Waals surface area contributed by atoms with Crippen molar-refractivity contribution in [3.05, 3.63) is 53.2 Å². The van der Waals surface area contributed by atoms with Gasteiger partial charge in [0.05, 0.1) is 12.3 Å². The fourth-order valence-corrected chi connectivity index (χ4v) is 2.50. The van der Waals surface area contributed by atoms with Crippen LogP contribution in [0.15, 0.2) is 36.4 Å². The summed E-state index contributed by atoms with van der Waals surface area (Å²) in [6.07, 6.45) is 4.85. The number of fused-ring (bicyclic) bond motifs is 1. The maximum Gasteiger partial charge on any atom is 0.219 e. The molecule has 0 saturated carbocycles. The van der Waals surface area contributed by atoms with Gasteiger partial charge in [-0.25, -0.2) is 4.98 Å². The topological polar surface area (TPSA) is 42.4 Å². The highest BCUT2D eigenvalue weighted by Gasteiger charge is 2.10. The molecule has 1 heterocycles. The van der Waals surface area contributed by atoms with Gasteiger partial charge in [-0.05, 0) is 55.0 Å². The van der Waals surface area contributed by atoms with Crippen molar-refractivity contribution in [2.75, 3.05) is 0 Å². The van der Waals surface area contributed by atoms with E-state index in [4.69, 9.17) is 9.84 Å².